The van der Waals surface area contributed by atoms with Gasteiger partial charge in [-0.1, -0.05) is 18.2 Å². The third-order valence-corrected chi connectivity index (χ3v) is 4.36. The van der Waals surface area contributed by atoms with Gasteiger partial charge in [0.2, 0.25) is 0 Å². The van der Waals surface area contributed by atoms with Crippen LogP contribution in [0.5, 0.6) is 0 Å². The van der Waals surface area contributed by atoms with E-state index in [2.05, 4.69) is 9.88 Å². The Balaban J connectivity index is 1.47. The van der Waals surface area contributed by atoms with Crippen molar-refractivity contribution in [3.8, 4) is 0 Å². The van der Waals surface area contributed by atoms with Crippen LogP contribution in [0.4, 0.5) is 5.69 Å². The zero-order chi connectivity index (χ0) is 16.5. The van der Waals surface area contributed by atoms with Crippen molar-refractivity contribution in [2.24, 2.45) is 0 Å². The molecule has 2 heterocycles. The van der Waals surface area contributed by atoms with Crippen molar-refractivity contribution in [3.63, 3.8) is 0 Å². The van der Waals surface area contributed by atoms with Gasteiger partial charge in [-0.15, -0.1) is 0 Å². The lowest BCUT2D eigenvalue weighted by molar-refractivity contribution is 0.0747. The van der Waals surface area contributed by atoms with Gasteiger partial charge in [-0.25, -0.2) is 4.79 Å². The number of benzene rings is 2. The largest absolute Gasteiger partial charge is 0.417 e. The summed E-state index contributed by atoms with van der Waals surface area (Å²) in [4.78, 5) is 30.5. The predicted molar refractivity (Wildman–Crippen MR) is 91.4 cm³/mol. The first-order chi connectivity index (χ1) is 11.7. The number of hydrogen-bond donors (Lipinski definition) is 1. The smallest absolute Gasteiger partial charge is 0.408 e. The lowest BCUT2D eigenvalue weighted by Crippen LogP contribution is -2.48. The molecule has 0 atom stereocenters. The molecule has 6 heteroatoms. The van der Waals surface area contributed by atoms with Crippen molar-refractivity contribution in [2.45, 2.75) is 0 Å². The van der Waals surface area contributed by atoms with Crippen LogP contribution >= 0.6 is 0 Å². The summed E-state index contributed by atoms with van der Waals surface area (Å²) in [5.41, 5.74) is 3.00. The van der Waals surface area contributed by atoms with Gasteiger partial charge in [0.25, 0.3) is 5.91 Å². The standard InChI is InChI=1S/C18H17N3O3/c22-17(13-4-2-1-3-5-13)21-10-8-20(9-11-21)14-6-7-16-15(12-14)19-18(23)24-16/h1-7,12H,8-11H2,(H,19,23). The number of fused-ring (bicyclic) bond motifs is 1. The molecule has 0 saturated carbocycles. The molecule has 0 spiro atoms. The van der Waals surface area contributed by atoms with E-state index in [4.69, 9.17) is 4.42 Å². The van der Waals surface area contributed by atoms with E-state index in [1.165, 1.54) is 0 Å². The average molecular weight is 323 g/mol. The molecule has 2 aromatic carbocycles. The molecule has 1 N–H and O–H groups in total. The minimum Gasteiger partial charge on any atom is -0.408 e. The Hall–Kier alpha value is -3.02. The molecule has 1 aliphatic rings. The number of aromatic amines is 1. The fourth-order valence-corrected chi connectivity index (χ4v) is 3.07. The number of H-pyrrole nitrogens is 1. The van der Waals surface area contributed by atoms with Crippen LogP contribution in [0.2, 0.25) is 0 Å². The number of amides is 1. The summed E-state index contributed by atoms with van der Waals surface area (Å²) < 4.78 is 5.03. The normalized spacial score (nSPS) is 15.0. The highest BCUT2D eigenvalue weighted by Gasteiger charge is 2.22. The Morgan fingerprint density at radius 2 is 1.75 bits per heavy atom. The number of oxazole rings is 1. The van der Waals surface area contributed by atoms with Crippen LogP contribution in [-0.2, 0) is 0 Å². The quantitative estimate of drug-likeness (QED) is 0.784. The minimum absolute atomic E-state index is 0.0740. The van der Waals surface area contributed by atoms with Gasteiger partial charge in [0, 0.05) is 37.4 Å². The average Bonchev–Trinajstić information content (AvgIpc) is 3.01. The fraction of sp³-hybridized carbons (Fsp3) is 0.222. The highest BCUT2D eigenvalue weighted by Crippen LogP contribution is 2.21. The second-order valence-electron chi connectivity index (χ2n) is 5.84. The second kappa shape index (κ2) is 5.88. The van der Waals surface area contributed by atoms with Gasteiger partial charge in [0.15, 0.2) is 5.58 Å². The van der Waals surface area contributed by atoms with Gasteiger partial charge < -0.3 is 14.2 Å². The Bertz CT molecular complexity index is 921. The molecule has 1 fully saturated rings. The molecule has 0 aliphatic carbocycles. The number of rotatable bonds is 2. The van der Waals surface area contributed by atoms with Gasteiger partial charge >= 0.3 is 5.76 Å². The lowest BCUT2D eigenvalue weighted by atomic mass is 10.1. The van der Waals surface area contributed by atoms with Gasteiger partial charge in [-0.05, 0) is 30.3 Å². The van der Waals surface area contributed by atoms with Crippen molar-refractivity contribution >= 4 is 22.7 Å². The van der Waals surface area contributed by atoms with E-state index in [1.54, 1.807) is 6.07 Å². The number of aromatic nitrogens is 1. The number of piperazine rings is 1. The topological polar surface area (TPSA) is 69.6 Å². The van der Waals surface area contributed by atoms with Gasteiger partial charge in [0.05, 0.1) is 5.52 Å². The first kappa shape index (κ1) is 14.6. The second-order valence-corrected chi connectivity index (χ2v) is 5.84. The van der Waals surface area contributed by atoms with E-state index in [9.17, 15) is 9.59 Å². The van der Waals surface area contributed by atoms with Crippen LogP contribution < -0.4 is 10.7 Å². The first-order valence-electron chi connectivity index (χ1n) is 7.93. The van der Waals surface area contributed by atoms with Crippen LogP contribution in [-0.4, -0.2) is 42.0 Å². The molecule has 0 bridgehead atoms. The SMILES string of the molecule is O=C(c1ccccc1)N1CCN(c2ccc3oc(=O)[nH]c3c2)CC1. The monoisotopic (exact) mass is 323 g/mol. The summed E-state index contributed by atoms with van der Waals surface area (Å²) in [6, 6.07) is 15.0. The van der Waals surface area contributed by atoms with Crippen molar-refractivity contribution in [2.75, 3.05) is 31.1 Å². The maximum Gasteiger partial charge on any atom is 0.417 e. The Morgan fingerprint density at radius 1 is 1.00 bits per heavy atom. The number of carbonyl (C=O) groups is 1. The number of nitrogens with one attached hydrogen (secondary N) is 1. The van der Waals surface area contributed by atoms with Crippen molar-refractivity contribution in [1.82, 2.24) is 9.88 Å². The minimum atomic E-state index is -0.444. The maximum absolute atomic E-state index is 12.5. The molecule has 24 heavy (non-hydrogen) atoms. The Morgan fingerprint density at radius 3 is 2.50 bits per heavy atom. The first-order valence-corrected chi connectivity index (χ1v) is 7.93. The summed E-state index contributed by atoms with van der Waals surface area (Å²) >= 11 is 0. The number of carbonyl (C=O) groups excluding carboxylic acids is 1. The molecule has 1 saturated heterocycles. The third-order valence-electron chi connectivity index (χ3n) is 4.36. The lowest BCUT2D eigenvalue weighted by Gasteiger charge is -2.36. The molecule has 122 valence electrons. The number of anilines is 1. The molecule has 6 nitrogen and oxygen atoms in total. The van der Waals surface area contributed by atoms with Crippen LogP contribution in [0.15, 0.2) is 57.7 Å². The Labute approximate surface area is 138 Å². The molecular weight excluding hydrogens is 306 g/mol. The molecule has 1 amide bonds. The highest BCUT2D eigenvalue weighted by atomic mass is 16.4. The van der Waals surface area contributed by atoms with E-state index in [-0.39, 0.29) is 5.91 Å². The van der Waals surface area contributed by atoms with Crippen LogP contribution in [0, 0.1) is 0 Å². The molecule has 4 rings (SSSR count). The number of hydrogen-bond acceptors (Lipinski definition) is 4. The van der Waals surface area contributed by atoms with Crippen molar-refractivity contribution < 1.29 is 9.21 Å². The zero-order valence-corrected chi connectivity index (χ0v) is 13.1. The molecule has 1 aliphatic heterocycles. The molecule has 1 aromatic heterocycles. The summed E-state index contributed by atoms with van der Waals surface area (Å²) in [6.07, 6.45) is 0. The summed E-state index contributed by atoms with van der Waals surface area (Å²) in [7, 11) is 0. The van der Waals surface area contributed by atoms with E-state index in [1.807, 2.05) is 47.4 Å². The predicted octanol–water partition coefficient (Wildman–Crippen LogP) is 2.08. The fourth-order valence-electron chi connectivity index (χ4n) is 3.07. The van der Waals surface area contributed by atoms with Crippen LogP contribution in [0.3, 0.4) is 0 Å². The summed E-state index contributed by atoms with van der Waals surface area (Å²) in [6.45, 7) is 2.86. The third kappa shape index (κ3) is 2.67. The molecule has 0 unspecified atom stereocenters. The van der Waals surface area contributed by atoms with Crippen molar-refractivity contribution in [3.05, 3.63) is 64.6 Å². The Kier molecular flexibility index (Phi) is 3.57. The van der Waals surface area contributed by atoms with E-state index >= 15 is 0 Å². The highest BCUT2D eigenvalue weighted by molar-refractivity contribution is 5.94. The maximum atomic E-state index is 12.5. The van der Waals surface area contributed by atoms with Gasteiger partial charge in [0.1, 0.15) is 0 Å². The van der Waals surface area contributed by atoms with E-state index in [0.29, 0.717) is 24.2 Å². The van der Waals surface area contributed by atoms with E-state index in [0.717, 1.165) is 24.3 Å². The van der Waals surface area contributed by atoms with E-state index < -0.39 is 5.76 Å². The zero-order valence-electron chi connectivity index (χ0n) is 13.1. The number of nitrogens with zero attached hydrogens (tertiary/aromatic N) is 2. The van der Waals surface area contributed by atoms with Crippen LogP contribution in [0.25, 0.3) is 11.1 Å². The summed E-state index contributed by atoms with van der Waals surface area (Å²) in [5, 5.41) is 0. The van der Waals surface area contributed by atoms with Crippen molar-refractivity contribution in [1.29, 1.82) is 0 Å². The molecule has 3 aromatic rings. The van der Waals surface area contributed by atoms with Gasteiger partial charge in [-0.2, -0.15) is 0 Å². The summed E-state index contributed by atoms with van der Waals surface area (Å²) in [5.74, 6) is -0.370. The van der Waals surface area contributed by atoms with Gasteiger partial charge in [-0.3, -0.25) is 9.78 Å². The molecular formula is C18H17N3O3. The van der Waals surface area contributed by atoms with Crippen LogP contribution in [0.1, 0.15) is 10.4 Å². The molecule has 0 radical (unpaired) electrons.